The highest BCUT2D eigenvalue weighted by molar-refractivity contribution is 6.07. The Labute approximate surface area is 154 Å². The lowest BCUT2D eigenvalue weighted by Crippen LogP contribution is -2.37. The van der Waals surface area contributed by atoms with Gasteiger partial charge in [-0.05, 0) is 24.0 Å². The summed E-state index contributed by atoms with van der Waals surface area (Å²) in [4.78, 5) is 13.0. The zero-order valence-corrected chi connectivity index (χ0v) is 15.7. The molecule has 1 aromatic carbocycles. The standard InChI is InChI=1S/C21H24N2O3/c1-6-12-26-18-13-14(4)23(25)15(5)19(18)21(24)22-20-16(7-2)10-9-11-17(20)8-3/h1,9-11,13H,7-8,12H2,2-5H3,(H,22,24). The third-order valence-electron chi connectivity index (χ3n) is 4.35. The summed E-state index contributed by atoms with van der Waals surface area (Å²) in [5.74, 6) is 2.32. The van der Waals surface area contributed by atoms with Gasteiger partial charge in [0.1, 0.15) is 17.9 Å². The van der Waals surface area contributed by atoms with Gasteiger partial charge in [-0.1, -0.05) is 38.0 Å². The van der Waals surface area contributed by atoms with Crippen LogP contribution in [-0.2, 0) is 12.8 Å². The summed E-state index contributed by atoms with van der Waals surface area (Å²) in [7, 11) is 0. The molecular formula is C21H24N2O3. The molecule has 1 heterocycles. The third kappa shape index (κ3) is 3.80. The average Bonchev–Trinajstić information content (AvgIpc) is 2.64. The minimum Gasteiger partial charge on any atom is -0.618 e. The fourth-order valence-electron chi connectivity index (χ4n) is 2.95. The highest BCUT2D eigenvalue weighted by Crippen LogP contribution is 2.26. The summed E-state index contributed by atoms with van der Waals surface area (Å²) in [5.41, 5.74) is 3.81. The molecule has 0 spiro atoms. The second-order valence-electron chi connectivity index (χ2n) is 6.01. The van der Waals surface area contributed by atoms with Crippen molar-refractivity contribution >= 4 is 11.6 Å². The van der Waals surface area contributed by atoms with Gasteiger partial charge < -0.3 is 15.3 Å². The van der Waals surface area contributed by atoms with E-state index < -0.39 is 0 Å². The molecule has 5 heteroatoms. The Kier molecular flexibility index (Phi) is 6.24. The Morgan fingerprint density at radius 1 is 1.27 bits per heavy atom. The van der Waals surface area contributed by atoms with Gasteiger partial charge in [0.05, 0.1) is 0 Å². The van der Waals surface area contributed by atoms with E-state index in [1.165, 1.54) is 0 Å². The largest absolute Gasteiger partial charge is 0.618 e. The maximum absolute atomic E-state index is 13.0. The molecule has 2 rings (SSSR count). The van der Waals surface area contributed by atoms with Gasteiger partial charge in [0.25, 0.3) is 5.91 Å². The predicted octanol–water partition coefficient (Wildman–Crippen LogP) is 3.33. The smallest absolute Gasteiger partial charge is 0.265 e. The van der Waals surface area contributed by atoms with Crippen LogP contribution in [0, 0.1) is 31.4 Å². The number of pyridine rings is 1. The van der Waals surface area contributed by atoms with Crippen LogP contribution in [-0.4, -0.2) is 12.5 Å². The number of hydrogen-bond donors (Lipinski definition) is 1. The predicted molar refractivity (Wildman–Crippen MR) is 102 cm³/mol. The van der Waals surface area contributed by atoms with Gasteiger partial charge in [-0.3, -0.25) is 4.79 Å². The molecule has 26 heavy (non-hydrogen) atoms. The molecular weight excluding hydrogens is 328 g/mol. The quantitative estimate of drug-likeness (QED) is 0.493. The number of para-hydroxylation sites is 1. The van der Waals surface area contributed by atoms with Crippen LogP contribution >= 0.6 is 0 Å². The molecule has 1 amide bonds. The van der Waals surface area contributed by atoms with Crippen LogP contribution in [0.3, 0.4) is 0 Å². The van der Waals surface area contributed by atoms with Crippen molar-refractivity contribution in [2.45, 2.75) is 40.5 Å². The number of carbonyl (C=O) groups is 1. The molecule has 1 N–H and O–H groups in total. The maximum Gasteiger partial charge on any atom is 0.265 e. The van der Waals surface area contributed by atoms with Crippen LogP contribution in [0.25, 0.3) is 0 Å². The summed E-state index contributed by atoms with van der Waals surface area (Å²) in [5, 5.41) is 15.2. The molecule has 136 valence electrons. The average molecular weight is 352 g/mol. The summed E-state index contributed by atoms with van der Waals surface area (Å²) >= 11 is 0. The first kappa shape index (κ1) is 19.3. The van der Waals surface area contributed by atoms with Crippen LogP contribution in [0.1, 0.15) is 46.7 Å². The molecule has 0 aliphatic rings. The first-order valence-electron chi connectivity index (χ1n) is 8.66. The van der Waals surface area contributed by atoms with Crippen molar-refractivity contribution in [3.05, 3.63) is 57.6 Å². The lowest BCUT2D eigenvalue weighted by atomic mass is 10.0. The first-order valence-corrected chi connectivity index (χ1v) is 8.66. The Bertz CT molecular complexity index is 844. The number of aryl methyl sites for hydroxylation is 3. The van der Waals surface area contributed by atoms with Gasteiger partial charge in [0.15, 0.2) is 5.69 Å². The molecule has 0 radical (unpaired) electrons. The highest BCUT2D eigenvalue weighted by atomic mass is 16.5. The molecule has 0 bridgehead atoms. The van der Waals surface area contributed by atoms with Crippen molar-refractivity contribution in [3.63, 3.8) is 0 Å². The van der Waals surface area contributed by atoms with Gasteiger partial charge in [-0.15, -0.1) is 6.42 Å². The van der Waals surface area contributed by atoms with Crippen LogP contribution < -0.4 is 14.8 Å². The monoisotopic (exact) mass is 352 g/mol. The van der Waals surface area contributed by atoms with Crippen molar-refractivity contribution in [1.82, 2.24) is 0 Å². The molecule has 0 unspecified atom stereocenters. The summed E-state index contributed by atoms with van der Waals surface area (Å²) in [6.07, 6.45) is 6.85. The Morgan fingerprint density at radius 2 is 1.88 bits per heavy atom. The molecule has 1 aromatic heterocycles. The van der Waals surface area contributed by atoms with E-state index in [2.05, 4.69) is 11.2 Å². The van der Waals surface area contributed by atoms with E-state index in [9.17, 15) is 10.0 Å². The van der Waals surface area contributed by atoms with Crippen molar-refractivity contribution in [1.29, 1.82) is 0 Å². The normalized spacial score (nSPS) is 10.3. The van der Waals surface area contributed by atoms with Gasteiger partial charge >= 0.3 is 0 Å². The minimum absolute atomic E-state index is 0.0216. The number of anilines is 1. The lowest BCUT2D eigenvalue weighted by molar-refractivity contribution is -0.619. The van der Waals surface area contributed by atoms with Crippen LogP contribution in [0.15, 0.2) is 24.3 Å². The van der Waals surface area contributed by atoms with E-state index in [1.54, 1.807) is 19.9 Å². The SMILES string of the molecule is C#CCOc1cc(C)[n+]([O-])c(C)c1C(=O)Nc1c(CC)cccc1CC. The second-order valence-corrected chi connectivity index (χ2v) is 6.01. The number of nitrogens with one attached hydrogen (secondary N) is 1. The topological polar surface area (TPSA) is 65.3 Å². The third-order valence-corrected chi connectivity index (χ3v) is 4.35. The van der Waals surface area contributed by atoms with Gasteiger partial charge in [-0.2, -0.15) is 4.73 Å². The number of amides is 1. The first-order chi connectivity index (χ1) is 12.4. The zero-order valence-electron chi connectivity index (χ0n) is 15.7. The van der Waals surface area contributed by atoms with Crippen molar-refractivity contribution in [2.75, 3.05) is 11.9 Å². The molecule has 0 aliphatic carbocycles. The number of terminal acetylenes is 1. The highest BCUT2D eigenvalue weighted by Gasteiger charge is 2.25. The fourth-order valence-corrected chi connectivity index (χ4v) is 2.95. The Hall–Kier alpha value is -3.00. The number of nitrogens with zero attached hydrogens (tertiary/aromatic N) is 1. The van der Waals surface area contributed by atoms with Crippen molar-refractivity contribution in [2.24, 2.45) is 0 Å². The molecule has 5 nitrogen and oxygen atoms in total. The van der Waals surface area contributed by atoms with Crippen LogP contribution in [0.4, 0.5) is 5.69 Å². The number of rotatable bonds is 6. The maximum atomic E-state index is 13.0. The number of carbonyl (C=O) groups excluding carboxylic acids is 1. The zero-order chi connectivity index (χ0) is 19.3. The van der Waals surface area contributed by atoms with E-state index in [4.69, 9.17) is 11.2 Å². The Morgan fingerprint density at radius 3 is 2.42 bits per heavy atom. The van der Waals surface area contributed by atoms with Crippen molar-refractivity contribution in [3.8, 4) is 18.1 Å². The fraction of sp³-hybridized carbons (Fsp3) is 0.333. The van der Waals surface area contributed by atoms with Crippen molar-refractivity contribution < 1.29 is 14.3 Å². The summed E-state index contributed by atoms with van der Waals surface area (Å²) in [6, 6.07) is 7.50. The van der Waals surface area contributed by atoms with E-state index in [0.29, 0.717) is 11.4 Å². The van der Waals surface area contributed by atoms with E-state index >= 15 is 0 Å². The number of aromatic nitrogens is 1. The molecule has 0 saturated heterocycles. The molecule has 0 atom stereocenters. The van der Waals surface area contributed by atoms with E-state index in [-0.39, 0.29) is 23.8 Å². The van der Waals surface area contributed by atoms with Crippen LogP contribution in [0.5, 0.6) is 5.75 Å². The lowest BCUT2D eigenvalue weighted by Gasteiger charge is -2.17. The number of ether oxygens (including phenoxy) is 1. The van der Waals surface area contributed by atoms with E-state index in [0.717, 1.165) is 34.4 Å². The van der Waals surface area contributed by atoms with Gasteiger partial charge in [0, 0.05) is 25.6 Å². The molecule has 0 fully saturated rings. The van der Waals surface area contributed by atoms with E-state index in [1.807, 2.05) is 32.0 Å². The Balaban J connectivity index is 2.51. The van der Waals surface area contributed by atoms with Crippen LogP contribution in [0.2, 0.25) is 0 Å². The summed E-state index contributed by atoms with van der Waals surface area (Å²) < 4.78 is 6.25. The number of benzene rings is 1. The molecule has 0 saturated carbocycles. The summed E-state index contributed by atoms with van der Waals surface area (Å²) in [6.45, 7) is 7.35. The van der Waals surface area contributed by atoms with Gasteiger partial charge in [-0.25, -0.2) is 0 Å². The second kappa shape index (κ2) is 8.39. The number of hydrogen-bond acceptors (Lipinski definition) is 3. The minimum atomic E-state index is -0.380. The molecule has 0 aliphatic heterocycles. The van der Waals surface area contributed by atoms with Gasteiger partial charge in [0.2, 0.25) is 5.69 Å². The molecule has 2 aromatic rings.